The fourth-order valence-corrected chi connectivity index (χ4v) is 1.51. The third-order valence-corrected chi connectivity index (χ3v) is 3.28. The van der Waals surface area contributed by atoms with Crippen molar-refractivity contribution in [3.8, 4) is 5.75 Å². The number of likely N-dealkylation sites (N-methyl/N-ethyl adjacent to an activating group) is 1. The molecule has 0 spiro atoms. The van der Waals surface area contributed by atoms with Gasteiger partial charge in [0, 0.05) is 7.05 Å². The molecule has 1 aromatic carbocycles. The molecule has 20 heavy (non-hydrogen) atoms. The number of carboxylic acid groups (broad SMARTS) is 1. The predicted octanol–water partition coefficient (Wildman–Crippen LogP) is 2.18. The highest BCUT2D eigenvalue weighted by molar-refractivity contribution is 6.32. The zero-order valence-corrected chi connectivity index (χ0v) is 12.1. The fraction of sp³-hybridized carbons (Fsp3) is 0.385. The Balaban J connectivity index is 2.70. The Morgan fingerprint density at radius 1 is 1.45 bits per heavy atom. The van der Waals surface area contributed by atoms with Crippen molar-refractivity contribution in [2.45, 2.75) is 19.4 Å². The molecule has 0 aliphatic carbocycles. The van der Waals surface area contributed by atoms with Crippen LogP contribution < -0.4 is 4.74 Å². The summed E-state index contributed by atoms with van der Waals surface area (Å²) in [5.74, 6) is -2.02. The molecule has 0 bridgehead atoms. The van der Waals surface area contributed by atoms with Gasteiger partial charge < -0.3 is 14.7 Å². The van der Waals surface area contributed by atoms with Crippen LogP contribution in [0, 0.1) is 5.82 Å². The van der Waals surface area contributed by atoms with Gasteiger partial charge in [-0.1, -0.05) is 11.6 Å². The average Bonchev–Trinajstić information content (AvgIpc) is 2.36. The highest BCUT2D eigenvalue weighted by Crippen LogP contribution is 2.25. The predicted molar refractivity (Wildman–Crippen MR) is 71.4 cm³/mol. The molecule has 0 radical (unpaired) electrons. The maximum atomic E-state index is 12.8. The summed E-state index contributed by atoms with van der Waals surface area (Å²) in [5.41, 5.74) is -1.35. The first-order chi connectivity index (χ1) is 9.16. The summed E-state index contributed by atoms with van der Waals surface area (Å²) < 4.78 is 18.0. The van der Waals surface area contributed by atoms with Crippen LogP contribution in [0.25, 0.3) is 0 Å². The molecule has 110 valence electrons. The molecule has 1 amide bonds. The number of carbonyl (C=O) groups is 2. The molecule has 0 heterocycles. The second kappa shape index (κ2) is 6.09. The summed E-state index contributed by atoms with van der Waals surface area (Å²) in [6.45, 7) is 2.41. The van der Waals surface area contributed by atoms with Crippen LogP contribution in [0.5, 0.6) is 5.75 Å². The molecule has 0 atom stereocenters. The minimum absolute atomic E-state index is 0.0398. The molecule has 1 aromatic rings. The Bertz CT molecular complexity index is 533. The zero-order valence-electron chi connectivity index (χ0n) is 11.3. The molecule has 0 aromatic heterocycles. The van der Waals surface area contributed by atoms with Crippen LogP contribution in [0.4, 0.5) is 4.39 Å². The van der Waals surface area contributed by atoms with E-state index in [2.05, 4.69) is 0 Å². The number of carbonyl (C=O) groups excluding carboxylic acids is 1. The zero-order chi connectivity index (χ0) is 15.5. The topological polar surface area (TPSA) is 66.8 Å². The molecule has 0 saturated heterocycles. The standard InChI is InChI=1S/C13H15ClFNO4/c1-13(2,12(18)19)16(3)11(17)7-20-10-5-4-8(15)6-9(10)14/h4-6H,7H2,1-3H3,(H,18,19). The molecule has 5 nitrogen and oxygen atoms in total. The number of halogens is 2. The van der Waals surface area contributed by atoms with Gasteiger partial charge in [0.25, 0.3) is 5.91 Å². The average molecular weight is 304 g/mol. The Hall–Kier alpha value is -1.82. The van der Waals surface area contributed by atoms with Crippen molar-refractivity contribution in [2.75, 3.05) is 13.7 Å². The lowest BCUT2D eigenvalue weighted by atomic mass is 10.0. The Morgan fingerprint density at radius 2 is 2.05 bits per heavy atom. The molecule has 1 rings (SSSR count). The minimum atomic E-state index is -1.35. The van der Waals surface area contributed by atoms with Crippen LogP contribution in [0.2, 0.25) is 5.02 Å². The Morgan fingerprint density at radius 3 is 2.55 bits per heavy atom. The summed E-state index contributed by atoms with van der Waals surface area (Å²) in [5, 5.41) is 9.06. The van der Waals surface area contributed by atoms with Crippen LogP contribution in [-0.2, 0) is 9.59 Å². The van der Waals surface area contributed by atoms with Gasteiger partial charge in [0.2, 0.25) is 0 Å². The Labute approximate surface area is 120 Å². The van der Waals surface area contributed by atoms with Crippen molar-refractivity contribution in [1.82, 2.24) is 4.90 Å². The number of hydrogen-bond donors (Lipinski definition) is 1. The van der Waals surface area contributed by atoms with E-state index in [0.717, 1.165) is 17.0 Å². The molecule has 0 saturated carbocycles. The van der Waals surface area contributed by atoms with Gasteiger partial charge >= 0.3 is 5.97 Å². The van der Waals surface area contributed by atoms with Crippen molar-refractivity contribution >= 4 is 23.5 Å². The summed E-state index contributed by atoms with van der Waals surface area (Å²) in [6, 6.07) is 3.51. The lowest BCUT2D eigenvalue weighted by molar-refractivity contribution is -0.156. The highest BCUT2D eigenvalue weighted by Gasteiger charge is 2.35. The number of hydrogen-bond acceptors (Lipinski definition) is 3. The van der Waals surface area contributed by atoms with E-state index < -0.39 is 29.8 Å². The van der Waals surface area contributed by atoms with E-state index in [-0.39, 0.29) is 10.8 Å². The van der Waals surface area contributed by atoms with Gasteiger partial charge in [-0.05, 0) is 32.0 Å². The van der Waals surface area contributed by atoms with E-state index in [0.29, 0.717) is 0 Å². The first-order valence-corrected chi connectivity index (χ1v) is 6.12. The normalized spacial score (nSPS) is 11.1. The first kappa shape index (κ1) is 16.2. The van der Waals surface area contributed by atoms with E-state index in [9.17, 15) is 14.0 Å². The van der Waals surface area contributed by atoms with Gasteiger partial charge in [-0.2, -0.15) is 0 Å². The van der Waals surface area contributed by atoms with E-state index in [4.69, 9.17) is 21.4 Å². The van der Waals surface area contributed by atoms with Crippen molar-refractivity contribution in [3.63, 3.8) is 0 Å². The maximum absolute atomic E-state index is 12.8. The summed E-state index contributed by atoms with van der Waals surface area (Å²) in [7, 11) is 1.37. The summed E-state index contributed by atoms with van der Waals surface area (Å²) >= 11 is 5.75. The lowest BCUT2D eigenvalue weighted by Gasteiger charge is -2.31. The van der Waals surface area contributed by atoms with Gasteiger partial charge in [-0.3, -0.25) is 4.79 Å². The Kier molecular flexibility index (Phi) is 4.94. The second-order valence-corrected chi connectivity index (χ2v) is 5.09. The SMILES string of the molecule is CN(C(=O)COc1ccc(F)cc1Cl)C(C)(C)C(=O)O. The smallest absolute Gasteiger partial charge is 0.329 e. The number of amides is 1. The third kappa shape index (κ3) is 3.60. The molecule has 0 aliphatic rings. The highest BCUT2D eigenvalue weighted by atomic mass is 35.5. The molecule has 1 N–H and O–H groups in total. The number of aliphatic carboxylic acids is 1. The molecule has 0 fully saturated rings. The summed E-state index contributed by atoms with van der Waals surface area (Å²) in [6.07, 6.45) is 0. The number of ether oxygens (including phenoxy) is 1. The van der Waals surface area contributed by atoms with Crippen LogP contribution in [0.3, 0.4) is 0 Å². The summed E-state index contributed by atoms with van der Waals surface area (Å²) in [4.78, 5) is 24.0. The van der Waals surface area contributed by atoms with E-state index >= 15 is 0 Å². The van der Waals surface area contributed by atoms with E-state index in [1.54, 1.807) is 0 Å². The quantitative estimate of drug-likeness (QED) is 0.905. The van der Waals surface area contributed by atoms with Gasteiger partial charge in [-0.15, -0.1) is 0 Å². The molecule has 0 aliphatic heterocycles. The van der Waals surface area contributed by atoms with Crippen LogP contribution in [0.15, 0.2) is 18.2 Å². The molecular formula is C13H15ClFNO4. The molecule has 0 unspecified atom stereocenters. The van der Waals surface area contributed by atoms with Gasteiger partial charge in [0.05, 0.1) is 5.02 Å². The van der Waals surface area contributed by atoms with Crippen molar-refractivity contribution < 1.29 is 23.8 Å². The maximum Gasteiger partial charge on any atom is 0.329 e. The van der Waals surface area contributed by atoms with Gasteiger partial charge in [-0.25, -0.2) is 9.18 Å². The minimum Gasteiger partial charge on any atom is -0.482 e. The monoisotopic (exact) mass is 303 g/mol. The van der Waals surface area contributed by atoms with Crippen LogP contribution in [-0.4, -0.2) is 41.1 Å². The molecular weight excluding hydrogens is 289 g/mol. The number of nitrogens with zero attached hydrogens (tertiary/aromatic N) is 1. The van der Waals surface area contributed by atoms with E-state index in [1.165, 1.54) is 27.0 Å². The largest absolute Gasteiger partial charge is 0.482 e. The van der Waals surface area contributed by atoms with Crippen LogP contribution >= 0.6 is 11.6 Å². The number of benzene rings is 1. The van der Waals surface area contributed by atoms with Crippen molar-refractivity contribution in [3.05, 3.63) is 29.0 Å². The van der Waals surface area contributed by atoms with E-state index in [1.807, 2.05) is 0 Å². The lowest BCUT2D eigenvalue weighted by Crippen LogP contribution is -2.52. The number of carboxylic acids is 1. The molecule has 7 heteroatoms. The number of rotatable bonds is 5. The van der Waals surface area contributed by atoms with Crippen LogP contribution in [0.1, 0.15) is 13.8 Å². The van der Waals surface area contributed by atoms with Crippen molar-refractivity contribution in [1.29, 1.82) is 0 Å². The third-order valence-electron chi connectivity index (χ3n) is 2.98. The fourth-order valence-electron chi connectivity index (χ4n) is 1.28. The first-order valence-electron chi connectivity index (χ1n) is 5.74. The van der Waals surface area contributed by atoms with Gasteiger partial charge in [0.1, 0.15) is 17.1 Å². The second-order valence-electron chi connectivity index (χ2n) is 4.68. The van der Waals surface area contributed by atoms with Gasteiger partial charge in [0.15, 0.2) is 6.61 Å². The van der Waals surface area contributed by atoms with Crippen molar-refractivity contribution in [2.24, 2.45) is 0 Å².